The van der Waals surface area contributed by atoms with Crippen LogP contribution in [0.25, 0.3) is 0 Å². The average Bonchev–Trinajstić information content (AvgIpc) is 2.09. The van der Waals surface area contributed by atoms with Crippen LogP contribution in [0.3, 0.4) is 0 Å². The lowest BCUT2D eigenvalue weighted by atomic mass is 9.73. The van der Waals surface area contributed by atoms with Gasteiger partial charge in [0.1, 0.15) is 0 Å². The largest absolute Gasteiger partial charge is 0.311 e. The lowest BCUT2D eigenvalue weighted by Crippen LogP contribution is -2.47. The van der Waals surface area contributed by atoms with Gasteiger partial charge in [-0.25, -0.2) is 0 Å². The Morgan fingerprint density at radius 2 is 2.07 bits per heavy atom. The van der Waals surface area contributed by atoms with Crippen molar-refractivity contribution in [2.45, 2.75) is 78.3 Å². The smallest absolute Gasteiger partial charge is 0.0121 e. The minimum absolute atomic E-state index is 0.514. The summed E-state index contributed by atoms with van der Waals surface area (Å²) in [5, 5.41) is 3.81. The number of hydrogen-bond acceptors (Lipinski definition) is 1. The molecule has 0 spiro atoms. The van der Waals surface area contributed by atoms with Crippen LogP contribution in [0.4, 0.5) is 0 Å². The molecule has 1 aliphatic rings. The normalized spacial score (nSPS) is 28.7. The Morgan fingerprint density at radius 1 is 1.36 bits per heavy atom. The molecule has 2 unspecified atom stereocenters. The summed E-state index contributed by atoms with van der Waals surface area (Å²) < 4.78 is 0. The van der Waals surface area contributed by atoms with E-state index in [0.717, 1.165) is 6.04 Å². The van der Waals surface area contributed by atoms with Gasteiger partial charge in [0.25, 0.3) is 0 Å². The standard InChI is InChI=1S/C13H27N/c1-5-8-11(2)14-12-9-6-7-10-13(12,3)4/h11-12,14H,5-10H2,1-4H3. The molecule has 1 aliphatic carbocycles. The van der Waals surface area contributed by atoms with Crippen molar-refractivity contribution in [2.24, 2.45) is 5.41 Å². The molecule has 2 atom stereocenters. The Hall–Kier alpha value is -0.0400. The zero-order valence-electron chi connectivity index (χ0n) is 10.4. The topological polar surface area (TPSA) is 12.0 Å². The van der Waals surface area contributed by atoms with Gasteiger partial charge in [-0.2, -0.15) is 0 Å². The minimum atomic E-state index is 0.514. The van der Waals surface area contributed by atoms with Gasteiger partial charge in [0.05, 0.1) is 0 Å². The van der Waals surface area contributed by atoms with Gasteiger partial charge in [0, 0.05) is 12.1 Å². The van der Waals surface area contributed by atoms with E-state index in [1.54, 1.807) is 0 Å². The molecule has 0 heterocycles. The quantitative estimate of drug-likeness (QED) is 0.724. The van der Waals surface area contributed by atoms with E-state index >= 15 is 0 Å². The zero-order valence-corrected chi connectivity index (χ0v) is 10.4. The van der Waals surface area contributed by atoms with Crippen LogP contribution in [0.1, 0.15) is 66.2 Å². The third-order valence-corrected chi connectivity index (χ3v) is 3.71. The average molecular weight is 197 g/mol. The van der Waals surface area contributed by atoms with Gasteiger partial charge in [-0.05, 0) is 31.6 Å². The lowest BCUT2D eigenvalue weighted by molar-refractivity contribution is 0.156. The van der Waals surface area contributed by atoms with Crippen LogP contribution >= 0.6 is 0 Å². The fourth-order valence-corrected chi connectivity index (χ4v) is 2.66. The van der Waals surface area contributed by atoms with Crippen molar-refractivity contribution in [1.29, 1.82) is 0 Å². The first-order chi connectivity index (χ1) is 6.56. The fraction of sp³-hybridized carbons (Fsp3) is 1.00. The van der Waals surface area contributed by atoms with Crippen molar-refractivity contribution in [3.63, 3.8) is 0 Å². The second-order valence-electron chi connectivity index (χ2n) is 5.64. The summed E-state index contributed by atoms with van der Waals surface area (Å²) in [5.74, 6) is 0. The fourth-order valence-electron chi connectivity index (χ4n) is 2.66. The molecule has 1 N–H and O–H groups in total. The highest BCUT2D eigenvalue weighted by molar-refractivity contribution is 4.89. The van der Waals surface area contributed by atoms with Crippen molar-refractivity contribution in [3.8, 4) is 0 Å². The van der Waals surface area contributed by atoms with Crippen molar-refractivity contribution in [2.75, 3.05) is 0 Å². The van der Waals surface area contributed by atoms with E-state index in [1.807, 2.05) is 0 Å². The Balaban J connectivity index is 2.41. The first-order valence-electron chi connectivity index (χ1n) is 6.32. The van der Waals surface area contributed by atoms with Crippen LogP contribution in [0.5, 0.6) is 0 Å². The third-order valence-electron chi connectivity index (χ3n) is 3.71. The summed E-state index contributed by atoms with van der Waals surface area (Å²) in [6.45, 7) is 9.43. The van der Waals surface area contributed by atoms with Gasteiger partial charge >= 0.3 is 0 Å². The van der Waals surface area contributed by atoms with Crippen LogP contribution in [0.15, 0.2) is 0 Å². The van der Waals surface area contributed by atoms with Crippen LogP contribution in [-0.2, 0) is 0 Å². The molecule has 0 aromatic carbocycles. The first kappa shape index (κ1) is 12.0. The van der Waals surface area contributed by atoms with Gasteiger partial charge in [0.15, 0.2) is 0 Å². The number of rotatable bonds is 4. The minimum Gasteiger partial charge on any atom is -0.311 e. The van der Waals surface area contributed by atoms with Crippen LogP contribution in [-0.4, -0.2) is 12.1 Å². The molecular formula is C13H27N. The first-order valence-corrected chi connectivity index (χ1v) is 6.32. The lowest BCUT2D eigenvalue weighted by Gasteiger charge is -2.40. The van der Waals surface area contributed by atoms with E-state index < -0.39 is 0 Å². The summed E-state index contributed by atoms with van der Waals surface area (Å²) in [6.07, 6.45) is 8.21. The molecule has 0 radical (unpaired) electrons. The maximum absolute atomic E-state index is 3.81. The molecule has 1 heteroatoms. The van der Waals surface area contributed by atoms with E-state index in [0.29, 0.717) is 11.5 Å². The van der Waals surface area contributed by atoms with E-state index in [9.17, 15) is 0 Å². The molecule has 1 rings (SSSR count). The number of nitrogens with one attached hydrogen (secondary N) is 1. The Labute approximate surface area is 89.7 Å². The third kappa shape index (κ3) is 3.27. The van der Waals surface area contributed by atoms with Gasteiger partial charge in [0.2, 0.25) is 0 Å². The predicted octanol–water partition coefficient (Wildman–Crippen LogP) is 3.73. The van der Waals surface area contributed by atoms with E-state index in [2.05, 4.69) is 33.0 Å². The molecule has 14 heavy (non-hydrogen) atoms. The summed E-state index contributed by atoms with van der Waals surface area (Å²) >= 11 is 0. The molecule has 0 aromatic rings. The molecule has 1 saturated carbocycles. The Kier molecular flexibility index (Phi) is 4.43. The maximum atomic E-state index is 3.81. The monoisotopic (exact) mass is 197 g/mol. The van der Waals surface area contributed by atoms with Crippen molar-refractivity contribution in [3.05, 3.63) is 0 Å². The second-order valence-corrected chi connectivity index (χ2v) is 5.64. The molecule has 0 bridgehead atoms. The molecule has 1 fully saturated rings. The second kappa shape index (κ2) is 5.16. The van der Waals surface area contributed by atoms with Crippen LogP contribution in [0.2, 0.25) is 0 Å². The molecule has 0 saturated heterocycles. The van der Waals surface area contributed by atoms with Crippen molar-refractivity contribution >= 4 is 0 Å². The summed E-state index contributed by atoms with van der Waals surface area (Å²) in [4.78, 5) is 0. The highest BCUT2D eigenvalue weighted by Crippen LogP contribution is 2.35. The summed E-state index contributed by atoms with van der Waals surface area (Å²) in [7, 11) is 0. The molecular weight excluding hydrogens is 170 g/mol. The highest BCUT2D eigenvalue weighted by atomic mass is 15.0. The van der Waals surface area contributed by atoms with Gasteiger partial charge in [-0.3, -0.25) is 0 Å². The maximum Gasteiger partial charge on any atom is 0.0121 e. The highest BCUT2D eigenvalue weighted by Gasteiger charge is 2.32. The predicted molar refractivity (Wildman–Crippen MR) is 63.5 cm³/mol. The molecule has 84 valence electrons. The van der Waals surface area contributed by atoms with Gasteiger partial charge < -0.3 is 5.32 Å². The molecule has 1 nitrogen and oxygen atoms in total. The number of hydrogen-bond donors (Lipinski definition) is 1. The van der Waals surface area contributed by atoms with Gasteiger partial charge in [-0.15, -0.1) is 0 Å². The zero-order chi connectivity index (χ0) is 10.6. The summed E-state index contributed by atoms with van der Waals surface area (Å²) in [6, 6.07) is 1.44. The Bertz CT molecular complexity index is 163. The molecule has 0 amide bonds. The Morgan fingerprint density at radius 3 is 2.64 bits per heavy atom. The molecule has 0 aromatic heterocycles. The summed E-state index contributed by atoms with van der Waals surface area (Å²) in [5.41, 5.74) is 0.514. The van der Waals surface area contributed by atoms with E-state index in [-0.39, 0.29) is 0 Å². The van der Waals surface area contributed by atoms with Gasteiger partial charge in [-0.1, -0.05) is 40.0 Å². The van der Waals surface area contributed by atoms with E-state index in [4.69, 9.17) is 0 Å². The van der Waals surface area contributed by atoms with Crippen LogP contribution < -0.4 is 5.32 Å². The van der Waals surface area contributed by atoms with E-state index in [1.165, 1.54) is 38.5 Å². The SMILES string of the molecule is CCCC(C)NC1CCCCC1(C)C. The van der Waals surface area contributed by atoms with Crippen LogP contribution in [0, 0.1) is 5.41 Å². The van der Waals surface area contributed by atoms with Crippen molar-refractivity contribution in [1.82, 2.24) is 5.32 Å². The molecule has 0 aliphatic heterocycles. The van der Waals surface area contributed by atoms with Crippen molar-refractivity contribution < 1.29 is 0 Å².